The SMILES string of the molecule is CC1(C)CCC(N(CC(=O)c2c(Cl)cc(Cl)cc2Cl)C(=O)c2cnn(C34CCC(C(=O)O)(CC3)CC4)c2C(F)(F)F)CC1. The van der Waals surface area contributed by atoms with E-state index in [-0.39, 0.29) is 64.6 Å². The van der Waals surface area contributed by atoms with E-state index >= 15 is 0 Å². The molecule has 0 spiro atoms. The largest absolute Gasteiger partial charge is 0.481 e. The molecule has 0 unspecified atom stereocenters. The molecular weight excluding hydrogens is 630 g/mol. The number of halogens is 6. The van der Waals surface area contributed by atoms with E-state index in [0.717, 1.165) is 23.7 Å². The molecule has 4 fully saturated rings. The van der Waals surface area contributed by atoms with Crippen molar-refractivity contribution < 1.29 is 32.7 Å². The van der Waals surface area contributed by atoms with Gasteiger partial charge in [-0.15, -0.1) is 0 Å². The van der Waals surface area contributed by atoms with E-state index in [4.69, 9.17) is 34.8 Å². The van der Waals surface area contributed by atoms with Crippen LogP contribution in [0.15, 0.2) is 18.3 Å². The fourth-order valence-electron chi connectivity index (χ4n) is 7.20. The van der Waals surface area contributed by atoms with Gasteiger partial charge in [0, 0.05) is 11.1 Å². The van der Waals surface area contributed by atoms with Crippen molar-refractivity contribution in [1.29, 1.82) is 0 Å². The Labute approximate surface area is 262 Å². The van der Waals surface area contributed by atoms with Gasteiger partial charge < -0.3 is 10.0 Å². The van der Waals surface area contributed by atoms with Gasteiger partial charge >= 0.3 is 12.1 Å². The van der Waals surface area contributed by atoms with Gasteiger partial charge in [-0.1, -0.05) is 48.7 Å². The third-order valence-corrected chi connectivity index (χ3v) is 10.8. The summed E-state index contributed by atoms with van der Waals surface area (Å²) in [5.41, 5.74) is -3.83. The zero-order valence-corrected chi connectivity index (χ0v) is 26.1. The zero-order chi connectivity index (χ0) is 31.5. The molecule has 0 atom stereocenters. The first-order chi connectivity index (χ1) is 20.0. The number of amides is 1. The first kappa shape index (κ1) is 32.1. The van der Waals surface area contributed by atoms with E-state index in [1.165, 1.54) is 17.0 Å². The van der Waals surface area contributed by atoms with Crippen LogP contribution in [0.4, 0.5) is 13.2 Å². The van der Waals surface area contributed by atoms with Crippen LogP contribution in [0.5, 0.6) is 0 Å². The van der Waals surface area contributed by atoms with E-state index in [0.29, 0.717) is 12.8 Å². The highest BCUT2D eigenvalue weighted by Crippen LogP contribution is 2.57. The second-order valence-electron chi connectivity index (χ2n) is 13.1. The molecule has 0 saturated heterocycles. The number of nitrogens with zero attached hydrogens (tertiary/aromatic N) is 3. The van der Waals surface area contributed by atoms with Gasteiger partial charge in [-0.2, -0.15) is 18.3 Å². The minimum atomic E-state index is -4.93. The summed E-state index contributed by atoms with van der Waals surface area (Å²) in [6.07, 6.45) is -0.174. The lowest BCUT2D eigenvalue weighted by Crippen LogP contribution is -2.52. The number of fused-ring (bicyclic) bond motifs is 3. The highest BCUT2D eigenvalue weighted by molar-refractivity contribution is 6.42. The smallest absolute Gasteiger partial charge is 0.433 e. The summed E-state index contributed by atoms with van der Waals surface area (Å²) < 4.78 is 45.4. The number of rotatable bonds is 7. The van der Waals surface area contributed by atoms with Crippen LogP contribution in [0.3, 0.4) is 0 Å². The number of carbonyl (C=O) groups excluding carboxylic acids is 2. The first-order valence-electron chi connectivity index (χ1n) is 14.4. The lowest BCUT2D eigenvalue weighted by molar-refractivity contribution is -0.163. The van der Waals surface area contributed by atoms with Crippen LogP contribution in [-0.2, 0) is 16.5 Å². The molecule has 1 aromatic carbocycles. The molecule has 6 rings (SSSR count). The van der Waals surface area contributed by atoms with Gasteiger partial charge in [0.05, 0.1) is 44.9 Å². The van der Waals surface area contributed by atoms with Crippen LogP contribution in [-0.4, -0.2) is 50.0 Å². The van der Waals surface area contributed by atoms with Crippen molar-refractivity contribution in [2.45, 2.75) is 95.8 Å². The summed E-state index contributed by atoms with van der Waals surface area (Å²) in [4.78, 5) is 40.8. The average Bonchev–Trinajstić information content (AvgIpc) is 3.39. The van der Waals surface area contributed by atoms with Crippen molar-refractivity contribution >= 4 is 52.5 Å². The summed E-state index contributed by atoms with van der Waals surface area (Å²) in [5, 5.41) is 14.1. The third kappa shape index (κ3) is 5.91. The predicted octanol–water partition coefficient (Wildman–Crippen LogP) is 8.29. The van der Waals surface area contributed by atoms with Crippen molar-refractivity contribution in [3.63, 3.8) is 0 Å². The lowest BCUT2D eigenvalue weighted by Gasteiger charge is -2.51. The maximum absolute atomic E-state index is 14.8. The third-order valence-electron chi connectivity index (χ3n) is 9.99. The molecule has 13 heteroatoms. The number of aromatic nitrogens is 2. The van der Waals surface area contributed by atoms with E-state index in [2.05, 4.69) is 18.9 Å². The van der Waals surface area contributed by atoms with Gasteiger partial charge in [0.15, 0.2) is 11.5 Å². The van der Waals surface area contributed by atoms with Crippen LogP contribution in [0.1, 0.15) is 104 Å². The normalized spacial score (nSPS) is 25.5. The van der Waals surface area contributed by atoms with Crippen molar-refractivity contribution in [1.82, 2.24) is 14.7 Å². The molecule has 0 radical (unpaired) electrons. The number of carboxylic acid groups (broad SMARTS) is 1. The number of Topliss-reactive ketones (excluding diaryl/α,β-unsaturated/α-hetero) is 1. The fraction of sp³-hybridized carbons (Fsp3) is 0.600. The van der Waals surface area contributed by atoms with Gasteiger partial charge in [0.25, 0.3) is 5.91 Å². The quantitative estimate of drug-likeness (QED) is 0.301. The Morgan fingerprint density at radius 1 is 0.977 bits per heavy atom. The zero-order valence-electron chi connectivity index (χ0n) is 23.9. The number of benzene rings is 1. The molecular formula is C30H33Cl3F3N3O4. The number of hydrogen-bond acceptors (Lipinski definition) is 4. The molecule has 43 heavy (non-hydrogen) atoms. The Kier molecular flexibility index (Phi) is 8.40. The molecule has 1 N–H and O–H groups in total. The average molecular weight is 663 g/mol. The molecule has 1 aromatic heterocycles. The van der Waals surface area contributed by atoms with Crippen molar-refractivity contribution in [3.05, 3.63) is 50.2 Å². The van der Waals surface area contributed by atoms with Crippen LogP contribution >= 0.6 is 34.8 Å². The molecule has 2 bridgehead atoms. The number of hydrogen-bond donors (Lipinski definition) is 1. The van der Waals surface area contributed by atoms with Crippen molar-refractivity contribution in [2.24, 2.45) is 10.8 Å². The monoisotopic (exact) mass is 661 g/mol. The molecule has 2 aromatic rings. The lowest BCUT2D eigenvalue weighted by atomic mass is 9.57. The Morgan fingerprint density at radius 2 is 1.51 bits per heavy atom. The van der Waals surface area contributed by atoms with E-state index < -0.39 is 58.6 Å². The van der Waals surface area contributed by atoms with E-state index in [1.54, 1.807) is 0 Å². The van der Waals surface area contributed by atoms with Gasteiger partial charge in [-0.25, -0.2) is 0 Å². The minimum Gasteiger partial charge on any atom is -0.481 e. The highest BCUT2D eigenvalue weighted by Gasteiger charge is 2.56. The summed E-state index contributed by atoms with van der Waals surface area (Å²) in [6, 6.07) is 2.20. The Bertz CT molecular complexity index is 1410. The Hall–Kier alpha value is -2.30. The molecule has 4 saturated carbocycles. The molecule has 0 aliphatic heterocycles. The molecule has 4 aliphatic rings. The van der Waals surface area contributed by atoms with Gasteiger partial charge in [-0.05, 0) is 81.8 Å². The number of aliphatic carboxylic acids is 1. The number of ketones is 1. The first-order valence-corrected chi connectivity index (χ1v) is 15.5. The summed E-state index contributed by atoms with van der Waals surface area (Å²) in [7, 11) is 0. The second kappa shape index (κ2) is 11.2. The summed E-state index contributed by atoms with van der Waals surface area (Å²) >= 11 is 18.6. The van der Waals surface area contributed by atoms with Gasteiger partial charge in [0.1, 0.15) is 0 Å². The molecule has 1 amide bonds. The van der Waals surface area contributed by atoms with Gasteiger partial charge in [-0.3, -0.25) is 19.1 Å². The topological polar surface area (TPSA) is 92.5 Å². The fourth-order valence-corrected chi connectivity index (χ4v) is 8.23. The molecule has 234 valence electrons. The number of carbonyl (C=O) groups is 3. The standard InChI is InChI=1S/C30H33Cl3F3N3O4/c1-27(2)5-3-18(4-6-27)38(16-22(40)23-20(32)13-17(31)14-21(23)33)25(41)19-15-37-39(24(19)30(34,35)36)29-10-7-28(8-11-29,9-12-29)26(42)43/h13-15,18H,3-12,16H2,1-2H3,(H,42,43). The van der Waals surface area contributed by atoms with E-state index in [1.807, 2.05) is 0 Å². The summed E-state index contributed by atoms with van der Waals surface area (Å²) in [5.74, 6) is -2.49. The number of alkyl halides is 3. The maximum Gasteiger partial charge on any atom is 0.433 e. The highest BCUT2D eigenvalue weighted by atomic mass is 35.5. The molecule has 4 aliphatic carbocycles. The Balaban J connectivity index is 1.53. The van der Waals surface area contributed by atoms with Crippen LogP contribution < -0.4 is 0 Å². The summed E-state index contributed by atoms with van der Waals surface area (Å²) in [6.45, 7) is 3.65. The van der Waals surface area contributed by atoms with Crippen molar-refractivity contribution in [3.8, 4) is 0 Å². The van der Waals surface area contributed by atoms with E-state index in [9.17, 15) is 32.7 Å². The molecule has 1 heterocycles. The minimum absolute atomic E-state index is 0.00761. The van der Waals surface area contributed by atoms with Crippen LogP contribution in [0.2, 0.25) is 15.1 Å². The van der Waals surface area contributed by atoms with Gasteiger partial charge in [0.2, 0.25) is 0 Å². The van der Waals surface area contributed by atoms with Crippen LogP contribution in [0, 0.1) is 10.8 Å². The van der Waals surface area contributed by atoms with Crippen molar-refractivity contribution in [2.75, 3.05) is 6.54 Å². The predicted molar refractivity (Wildman–Crippen MR) is 156 cm³/mol. The maximum atomic E-state index is 14.8. The Morgan fingerprint density at radius 3 is 2.00 bits per heavy atom. The van der Waals surface area contributed by atoms with Crippen LogP contribution in [0.25, 0.3) is 0 Å². The molecule has 7 nitrogen and oxygen atoms in total. The number of carboxylic acids is 1. The second-order valence-corrected chi connectivity index (χ2v) is 14.4.